The molecule has 1 N–H and O–H groups in total. The molecule has 3 aromatic rings. The lowest BCUT2D eigenvalue weighted by molar-refractivity contribution is 0.556. The first-order chi connectivity index (χ1) is 12.0. The third-order valence-electron chi connectivity index (χ3n) is 3.84. The molecule has 0 aliphatic rings. The van der Waals surface area contributed by atoms with Crippen molar-refractivity contribution in [2.45, 2.75) is 24.9 Å². The number of hydrogen-bond acceptors (Lipinski definition) is 3. The molecule has 0 spiro atoms. The summed E-state index contributed by atoms with van der Waals surface area (Å²) in [6.07, 6.45) is 3.52. The molecule has 0 fully saturated rings. The molecule has 0 saturated carbocycles. The molecule has 0 aliphatic heterocycles. The lowest BCUT2D eigenvalue weighted by Gasteiger charge is -2.12. The van der Waals surface area contributed by atoms with Crippen LogP contribution in [0, 0.1) is 12.7 Å². The van der Waals surface area contributed by atoms with Crippen molar-refractivity contribution in [2.75, 3.05) is 0 Å². The second kappa shape index (κ2) is 7.16. The summed E-state index contributed by atoms with van der Waals surface area (Å²) in [7, 11) is -3.94. The highest BCUT2D eigenvalue weighted by Crippen LogP contribution is 2.17. The van der Waals surface area contributed by atoms with Crippen molar-refractivity contribution in [3.8, 4) is 0 Å². The topological polar surface area (TPSA) is 64.0 Å². The Labute approximate surface area is 146 Å². The Hall–Kier alpha value is -2.51. The number of benzene rings is 2. The average Bonchev–Trinajstić information content (AvgIpc) is 3.09. The molecule has 0 aliphatic carbocycles. The lowest BCUT2D eigenvalue weighted by atomic mass is 10.1. The van der Waals surface area contributed by atoms with Crippen molar-refractivity contribution in [1.29, 1.82) is 0 Å². The van der Waals surface area contributed by atoms with Gasteiger partial charge >= 0.3 is 0 Å². The number of nitrogens with one attached hydrogen (secondary N) is 1. The van der Waals surface area contributed by atoms with Crippen LogP contribution in [0.2, 0.25) is 0 Å². The second-order valence-corrected chi connectivity index (χ2v) is 7.47. The summed E-state index contributed by atoms with van der Waals surface area (Å²) in [5.41, 5.74) is 2.44. The zero-order valence-corrected chi connectivity index (χ0v) is 14.5. The van der Waals surface area contributed by atoms with E-state index in [4.69, 9.17) is 0 Å². The molecule has 0 amide bonds. The van der Waals surface area contributed by atoms with E-state index in [9.17, 15) is 12.8 Å². The maximum Gasteiger partial charge on any atom is 0.243 e. The van der Waals surface area contributed by atoms with Crippen LogP contribution in [-0.2, 0) is 23.1 Å². The van der Waals surface area contributed by atoms with Crippen molar-refractivity contribution in [1.82, 2.24) is 14.5 Å². The van der Waals surface area contributed by atoms with Gasteiger partial charge in [0.1, 0.15) is 10.7 Å². The van der Waals surface area contributed by atoms with E-state index >= 15 is 0 Å². The number of halogens is 1. The van der Waals surface area contributed by atoms with Gasteiger partial charge in [0.25, 0.3) is 0 Å². The predicted molar refractivity (Wildman–Crippen MR) is 92.9 cm³/mol. The van der Waals surface area contributed by atoms with Gasteiger partial charge in [-0.1, -0.05) is 30.3 Å². The Kier molecular flexibility index (Phi) is 4.96. The van der Waals surface area contributed by atoms with E-state index in [0.717, 1.165) is 17.2 Å². The molecule has 25 heavy (non-hydrogen) atoms. The number of hydrogen-bond donors (Lipinski definition) is 1. The summed E-state index contributed by atoms with van der Waals surface area (Å²) < 4.78 is 43.0. The average molecular weight is 359 g/mol. The van der Waals surface area contributed by atoms with E-state index < -0.39 is 15.8 Å². The van der Waals surface area contributed by atoms with Gasteiger partial charge in [0.2, 0.25) is 10.0 Å². The Morgan fingerprint density at radius 1 is 1.12 bits per heavy atom. The maximum absolute atomic E-state index is 13.9. The molecule has 130 valence electrons. The van der Waals surface area contributed by atoms with E-state index in [0.29, 0.717) is 12.1 Å². The largest absolute Gasteiger partial charge is 0.268 e. The van der Waals surface area contributed by atoms with Crippen LogP contribution in [0.3, 0.4) is 0 Å². The molecule has 1 aromatic heterocycles. The summed E-state index contributed by atoms with van der Waals surface area (Å²) >= 11 is 0. The summed E-state index contributed by atoms with van der Waals surface area (Å²) in [6, 6.07) is 13.3. The van der Waals surface area contributed by atoms with E-state index in [1.807, 2.05) is 36.5 Å². The maximum atomic E-state index is 13.9. The molecular formula is C18H18FN3O2S. The Balaban J connectivity index is 1.80. The fourth-order valence-electron chi connectivity index (χ4n) is 2.52. The van der Waals surface area contributed by atoms with Crippen molar-refractivity contribution >= 4 is 10.0 Å². The molecule has 0 radical (unpaired) electrons. The Morgan fingerprint density at radius 2 is 1.88 bits per heavy atom. The highest BCUT2D eigenvalue weighted by molar-refractivity contribution is 7.89. The SMILES string of the molecule is Cc1ccc(F)c(S(=O)(=O)NCc2ccccc2Cn2cccn2)c1. The molecule has 2 aromatic carbocycles. The summed E-state index contributed by atoms with van der Waals surface area (Å²) in [5.74, 6) is -0.761. The molecule has 0 unspecified atom stereocenters. The van der Waals surface area contributed by atoms with Gasteiger partial charge in [-0.25, -0.2) is 17.5 Å². The van der Waals surface area contributed by atoms with Crippen molar-refractivity contribution in [2.24, 2.45) is 0 Å². The number of nitrogens with zero attached hydrogens (tertiary/aromatic N) is 2. The van der Waals surface area contributed by atoms with Gasteiger partial charge in [-0.2, -0.15) is 5.10 Å². The number of aromatic nitrogens is 2. The van der Waals surface area contributed by atoms with Crippen molar-refractivity contribution < 1.29 is 12.8 Å². The van der Waals surface area contributed by atoms with Gasteiger partial charge in [0.15, 0.2) is 0 Å². The first-order valence-corrected chi connectivity index (χ1v) is 9.24. The highest BCUT2D eigenvalue weighted by atomic mass is 32.2. The highest BCUT2D eigenvalue weighted by Gasteiger charge is 2.19. The standard InChI is InChI=1S/C18H18FN3O2S/c1-14-7-8-17(19)18(11-14)25(23,24)21-12-15-5-2-3-6-16(15)13-22-10-4-9-20-22/h2-11,21H,12-13H2,1H3. The van der Waals surface area contributed by atoms with Crippen molar-refractivity contribution in [3.63, 3.8) is 0 Å². The quantitative estimate of drug-likeness (QED) is 0.736. The van der Waals surface area contributed by atoms with Gasteiger partial charge in [0, 0.05) is 18.9 Å². The lowest BCUT2D eigenvalue weighted by Crippen LogP contribution is -2.25. The molecule has 0 atom stereocenters. The zero-order chi connectivity index (χ0) is 17.9. The Bertz CT molecular complexity index is 970. The van der Waals surface area contributed by atoms with Crippen LogP contribution in [0.4, 0.5) is 4.39 Å². The van der Waals surface area contributed by atoms with Crippen LogP contribution in [0.5, 0.6) is 0 Å². The Morgan fingerprint density at radius 3 is 2.60 bits per heavy atom. The van der Waals surface area contributed by atoms with Gasteiger partial charge in [-0.15, -0.1) is 0 Å². The van der Waals surface area contributed by atoms with Crippen LogP contribution in [0.25, 0.3) is 0 Å². The minimum absolute atomic E-state index is 0.0765. The first-order valence-electron chi connectivity index (χ1n) is 7.76. The first kappa shape index (κ1) is 17.3. The number of rotatable bonds is 6. The van der Waals surface area contributed by atoms with Gasteiger partial charge in [-0.3, -0.25) is 4.68 Å². The summed E-state index contributed by atoms with van der Waals surface area (Å²) in [6.45, 7) is 2.33. The van der Waals surface area contributed by atoms with E-state index in [1.165, 1.54) is 12.1 Å². The third kappa shape index (κ3) is 4.12. The van der Waals surface area contributed by atoms with Gasteiger partial charge in [-0.05, 0) is 41.8 Å². The molecule has 0 saturated heterocycles. The summed E-state index contributed by atoms with van der Waals surface area (Å²) in [4.78, 5) is -0.336. The van der Waals surface area contributed by atoms with Crippen LogP contribution < -0.4 is 4.72 Å². The van der Waals surface area contributed by atoms with Gasteiger partial charge in [0.05, 0.1) is 6.54 Å². The monoisotopic (exact) mass is 359 g/mol. The molecule has 3 rings (SSSR count). The molecule has 1 heterocycles. The molecule has 7 heteroatoms. The van der Waals surface area contributed by atoms with E-state index in [-0.39, 0.29) is 11.4 Å². The fourth-order valence-corrected chi connectivity index (χ4v) is 3.69. The molecular weight excluding hydrogens is 341 g/mol. The number of sulfonamides is 1. The third-order valence-corrected chi connectivity index (χ3v) is 5.26. The van der Waals surface area contributed by atoms with Crippen LogP contribution in [0.1, 0.15) is 16.7 Å². The normalized spacial score (nSPS) is 11.6. The van der Waals surface area contributed by atoms with Crippen LogP contribution in [-0.4, -0.2) is 18.2 Å². The van der Waals surface area contributed by atoms with Crippen molar-refractivity contribution in [3.05, 3.63) is 83.4 Å². The molecule has 5 nitrogen and oxygen atoms in total. The minimum atomic E-state index is -3.94. The van der Waals surface area contributed by atoms with Crippen LogP contribution in [0.15, 0.2) is 65.8 Å². The smallest absolute Gasteiger partial charge is 0.243 e. The van der Waals surface area contributed by atoms with Crippen LogP contribution >= 0.6 is 0 Å². The fraction of sp³-hybridized carbons (Fsp3) is 0.167. The van der Waals surface area contributed by atoms with E-state index in [2.05, 4.69) is 9.82 Å². The minimum Gasteiger partial charge on any atom is -0.268 e. The van der Waals surface area contributed by atoms with Gasteiger partial charge < -0.3 is 0 Å². The number of aryl methyl sites for hydroxylation is 1. The predicted octanol–water partition coefficient (Wildman–Crippen LogP) is 2.86. The zero-order valence-electron chi connectivity index (χ0n) is 13.7. The molecule has 0 bridgehead atoms. The van der Waals surface area contributed by atoms with E-state index in [1.54, 1.807) is 17.8 Å². The summed E-state index contributed by atoms with van der Waals surface area (Å²) in [5, 5.41) is 4.16. The second-order valence-electron chi connectivity index (χ2n) is 5.73.